The van der Waals surface area contributed by atoms with Crippen molar-refractivity contribution in [2.45, 2.75) is 6.54 Å². The van der Waals surface area contributed by atoms with Crippen LogP contribution in [0, 0.1) is 0 Å². The van der Waals surface area contributed by atoms with Gasteiger partial charge in [0.1, 0.15) is 0 Å². The summed E-state index contributed by atoms with van der Waals surface area (Å²) in [7, 11) is 4.52. The summed E-state index contributed by atoms with van der Waals surface area (Å²) >= 11 is 12.9. The Kier molecular flexibility index (Phi) is 6.62. The Balaban J connectivity index is 1.90. The first-order chi connectivity index (χ1) is 13.9. The average Bonchev–Trinajstić information content (AvgIpc) is 2.96. The van der Waals surface area contributed by atoms with Gasteiger partial charge in [0.15, 0.2) is 11.5 Å². The van der Waals surface area contributed by atoms with Crippen LogP contribution < -0.4 is 14.2 Å². The molecule has 2 aromatic carbocycles. The zero-order chi connectivity index (χ0) is 21.1. The van der Waals surface area contributed by atoms with Crippen molar-refractivity contribution in [2.75, 3.05) is 21.3 Å². The zero-order valence-corrected chi connectivity index (χ0v) is 18.2. The molecule has 0 aromatic heterocycles. The average molecular weight is 454 g/mol. The number of benzene rings is 2. The molecule has 0 N–H and O–H groups in total. The third kappa shape index (κ3) is 4.47. The summed E-state index contributed by atoms with van der Waals surface area (Å²) in [5.41, 5.74) is 1.27. The van der Waals surface area contributed by atoms with Crippen molar-refractivity contribution >= 4 is 52.2 Å². The number of carbonyl (C=O) groups is 2. The Labute approximate surface area is 182 Å². The summed E-state index contributed by atoms with van der Waals surface area (Å²) in [5, 5.41) is 0.500. The second-order valence-electron chi connectivity index (χ2n) is 5.96. The van der Waals surface area contributed by atoms with E-state index >= 15 is 0 Å². The van der Waals surface area contributed by atoms with Crippen LogP contribution in [-0.2, 0) is 11.3 Å². The van der Waals surface area contributed by atoms with Crippen LogP contribution in [0.15, 0.2) is 35.2 Å². The van der Waals surface area contributed by atoms with Crippen LogP contribution in [0.4, 0.5) is 4.79 Å². The Hall–Kier alpha value is -2.35. The predicted molar refractivity (Wildman–Crippen MR) is 114 cm³/mol. The van der Waals surface area contributed by atoms with Gasteiger partial charge < -0.3 is 14.2 Å². The minimum absolute atomic E-state index is 0.0628. The Morgan fingerprint density at radius 3 is 2.21 bits per heavy atom. The molecule has 29 heavy (non-hydrogen) atoms. The van der Waals surface area contributed by atoms with Crippen LogP contribution in [0.3, 0.4) is 0 Å². The second-order valence-corrected chi connectivity index (χ2v) is 7.80. The lowest BCUT2D eigenvalue weighted by molar-refractivity contribution is -0.123. The van der Waals surface area contributed by atoms with Crippen LogP contribution >= 0.6 is 35.0 Å². The van der Waals surface area contributed by atoms with Gasteiger partial charge in [0.05, 0.1) is 32.8 Å². The van der Waals surface area contributed by atoms with Gasteiger partial charge in [-0.05, 0) is 53.2 Å². The van der Waals surface area contributed by atoms with Crippen molar-refractivity contribution in [1.82, 2.24) is 4.90 Å². The number of carbonyl (C=O) groups excluding carboxylic acids is 2. The highest BCUT2D eigenvalue weighted by Gasteiger charge is 2.35. The van der Waals surface area contributed by atoms with E-state index < -0.39 is 5.91 Å². The van der Waals surface area contributed by atoms with Gasteiger partial charge in [-0.2, -0.15) is 0 Å². The summed E-state index contributed by atoms with van der Waals surface area (Å²) in [6, 6.07) is 8.32. The van der Waals surface area contributed by atoms with E-state index in [4.69, 9.17) is 37.4 Å². The summed E-state index contributed by atoms with van der Waals surface area (Å²) in [6.07, 6.45) is 1.61. The predicted octanol–water partition coefficient (Wildman–Crippen LogP) is 5.26. The van der Waals surface area contributed by atoms with E-state index in [2.05, 4.69) is 0 Å². The van der Waals surface area contributed by atoms with Crippen molar-refractivity contribution in [3.8, 4) is 17.2 Å². The number of halogens is 2. The number of nitrogens with zero attached hydrogens (tertiary/aromatic N) is 1. The molecule has 0 spiro atoms. The summed E-state index contributed by atoms with van der Waals surface area (Å²) in [5.74, 6) is 0.938. The molecule has 1 aliphatic heterocycles. The number of imide groups is 1. The quantitative estimate of drug-likeness (QED) is 0.556. The van der Waals surface area contributed by atoms with E-state index in [0.717, 1.165) is 16.7 Å². The monoisotopic (exact) mass is 453 g/mol. The lowest BCUT2D eigenvalue weighted by Crippen LogP contribution is -2.27. The molecule has 0 unspecified atom stereocenters. The maximum atomic E-state index is 12.8. The van der Waals surface area contributed by atoms with Gasteiger partial charge in [0, 0.05) is 10.0 Å². The zero-order valence-electron chi connectivity index (χ0n) is 15.8. The topological polar surface area (TPSA) is 65.1 Å². The molecule has 1 fully saturated rings. The van der Waals surface area contributed by atoms with E-state index in [1.165, 1.54) is 21.3 Å². The molecule has 0 radical (unpaired) electrons. The van der Waals surface area contributed by atoms with Crippen molar-refractivity contribution in [3.63, 3.8) is 0 Å². The van der Waals surface area contributed by atoms with Gasteiger partial charge in [0.25, 0.3) is 11.1 Å². The second kappa shape index (κ2) is 8.98. The smallest absolute Gasteiger partial charge is 0.293 e. The summed E-state index contributed by atoms with van der Waals surface area (Å²) in [6.45, 7) is 0.0628. The lowest BCUT2D eigenvalue weighted by atomic mass is 10.1. The first kappa shape index (κ1) is 21.4. The molecular formula is C20H17Cl2NO5S. The standard InChI is InChI=1S/C20H17Cl2NO5S/c1-26-15-6-11(7-16(27-2)18(15)28-3)8-17-19(24)23(20(25)29-17)10-12-4-5-13(21)9-14(12)22/h4-9H,10H2,1-3H3/b17-8+. The normalized spacial score (nSPS) is 15.2. The summed E-state index contributed by atoms with van der Waals surface area (Å²) < 4.78 is 15.9. The fourth-order valence-corrected chi connectivity index (χ4v) is 4.10. The third-order valence-corrected chi connectivity index (χ3v) is 5.70. The number of rotatable bonds is 6. The van der Waals surface area contributed by atoms with Gasteiger partial charge in [-0.1, -0.05) is 29.3 Å². The fourth-order valence-electron chi connectivity index (χ4n) is 2.79. The first-order valence-corrected chi connectivity index (χ1v) is 9.94. The van der Waals surface area contributed by atoms with Crippen molar-refractivity contribution < 1.29 is 23.8 Å². The van der Waals surface area contributed by atoms with Crippen molar-refractivity contribution in [2.24, 2.45) is 0 Å². The van der Waals surface area contributed by atoms with E-state index in [-0.39, 0.29) is 16.7 Å². The molecule has 2 aromatic rings. The molecule has 6 nitrogen and oxygen atoms in total. The maximum absolute atomic E-state index is 12.8. The minimum atomic E-state index is -0.403. The molecule has 1 heterocycles. The highest BCUT2D eigenvalue weighted by Crippen LogP contribution is 2.40. The Morgan fingerprint density at radius 1 is 1.00 bits per heavy atom. The number of amides is 2. The van der Waals surface area contributed by atoms with Crippen LogP contribution in [-0.4, -0.2) is 37.4 Å². The lowest BCUT2D eigenvalue weighted by Gasteiger charge is -2.14. The van der Waals surface area contributed by atoms with E-state index in [9.17, 15) is 9.59 Å². The largest absolute Gasteiger partial charge is 0.493 e. The van der Waals surface area contributed by atoms with Crippen LogP contribution in [0.1, 0.15) is 11.1 Å². The maximum Gasteiger partial charge on any atom is 0.293 e. The molecule has 1 aliphatic rings. The highest BCUT2D eigenvalue weighted by atomic mass is 35.5. The molecule has 3 rings (SSSR count). The number of hydrogen-bond acceptors (Lipinski definition) is 6. The van der Waals surface area contributed by atoms with E-state index in [0.29, 0.717) is 38.4 Å². The minimum Gasteiger partial charge on any atom is -0.493 e. The third-order valence-electron chi connectivity index (χ3n) is 4.20. The number of methoxy groups -OCH3 is 3. The molecule has 152 valence electrons. The van der Waals surface area contributed by atoms with Crippen LogP contribution in [0.25, 0.3) is 6.08 Å². The SMILES string of the molecule is COc1cc(/C=C2/SC(=O)N(Cc3ccc(Cl)cc3Cl)C2=O)cc(OC)c1OC. The molecule has 1 saturated heterocycles. The molecule has 0 saturated carbocycles. The van der Waals surface area contributed by atoms with Gasteiger partial charge in [-0.3, -0.25) is 14.5 Å². The Morgan fingerprint density at radius 2 is 1.66 bits per heavy atom. The highest BCUT2D eigenvalue weighted by molar-refractivity contribution is 8.18. The molecule has 9 heteroatoms. The van der Waals surface area contributed by atoms with Gasteiger partial charge in [0.2, 0.25) is 5.75 Å². The number of thioether (sulfide) groups is 1. The van der Waals surface area contributed by atoms with E-state index in [1.54, 1.807) is 36.4 Å². The Bertz CT molecular complexity index is 983. The summed E-state index contributed by atoms with van der Waals surface area (Å²) in [4.78, 5) is 26.6. The number of hydrogen-bond donors (Lipinski definition) is 0. The first-order valence-electron chi connectivity index (χ1n) is 8.37. The van der Waals surface area contributed by atoms with Gasteiger partial charge >= 0.3 is 0 Å². The van der Waals surface area contributed by atoms with Gasteiger partial charge in [-0.15, -0.1) is 0 Å². The van der Waals surface area contributed by atoms with Gasteiger partial charge in [-0.25, -0.2) is 0 Å². The molecule has 2 amide bonds. The van der Waals surface area contributed by atoms with Crippen LogP contribution in [0.5, 0.6) is 17.2 Å². The molecule has 0 atom stereocenters. The number of ether oxygens (including phenoxy) is 3. The van der Waals surface area contributed by atoms with E-state index in [1.807, 2.05) is 0 Å². The van der Waals surface area contributed by atoms with Crippen molar-refractivity contribution in [3.05, 3.63) is 56.4 Å². The molecule has 0 aliphatic carbocycles. The van der Waals surface area contributed by atoms with Crippen molar-refractivity contribution in [1.29, 1.82) is 0 Å². The fraction of sp³-hybridized carbons (Fsp3) is 0.200. The molecular weight excluding hydrogens is 437 g/mol. The molecule has 0 bridgehead atoms. The van der Waals surface area contributed by atoms with Crippen LogP contribution in [0.2, 0.25) is 10.0 Å².